The quantitative estimate of drug-likeness (QED) is 0.175. The zero-order valence-electron chi connectivity index (χ0n) is 34.1. The van der Waals surface area contributed by atoms with Gasteiger partial charge in [-0.25, -0.2) is 4.98 Å². The number of rotatable bonds is 5. The van der Waals surface area contributed by atoms with Gasteiger partial charge in [0.1, 0.15) is 12.5 Å². The zero-order valence-corrected chi connectivity index (χ0v) is 34.1. The normalized spacial score (nSPS) is 12.9. The maximum absolute atomic E-state index is 5.37. The second-order valence-electron chi connectivity index (χ2n) is 16.3. The highest BCUT2D eigenvalue weighted by atomic mass is 15.4. The topological polar surface area (TPSA) is 34.2 Å². The lowest BCUT2D eigenvalue weighted by atomic mass is 10.0. The van der Waals surface area contributed by atoms with Gasteiger partial charge in [-0.2, -0.15) is 0 Å². The van der Waals surface area contributed by atoms with Crippen molar-refractivity contribution >= 4 is 77.4 Å². The van der Waals surface area contributed by atoms with E-state index in [1.165, 1.54) is 66.3 Å². The van der Waals surface area contributed by atoms with Gasteiger partial charge >= 0.3 is 0 Å². The molecule has 0 saturated heterocycles. The molecule has 0 fully saturated rings. The van der Waals surface area contributed by atoms with E-state index in [0.717, 1.165) is 57.2 Å². The molecule has 12 rings (SSSR count). The van der Waals surface area contributed by atoms with Crippen LogP contribution in [0.25, 0.3) is 77.4 Å². The van der Waals surface area contributed by atoms with Crippen LogP contribution < -0.4 is 9.80 Å². The fraction of sp³-hybridized carbons (Fsp3) is 0.0926. The Morgan fingerprint density at radius 3 is 1.78 bits per heavy atom. The number of fused-ring (bicyclic) bond motifs is 9. The highest BCUT2D eigenvalue weighted by Crippen LogP contribution is 2.49. The fourth-order valence-corrected chi connectivity index (χ4v) is 10.3. The van der Waals surface area contributed by atoms with Crippen molar-refractivity contribution in [1.82, 2.24) is 18.7 Å². The standard InChI is InChI=1S/C54H42N6/c1-34-29-35(2)52(36(3)30-34)58-33-57(47-27-14-15-28-48(47)58)38-19-16-20-39(31-38)59-44-24-11-8-21-40(44)50-49(59)32-42(54-55-43-23-10-13-26-46(43)56(54)4)53-51(50)41-22-9-12-25-45(41)60(53)37-17-6-5-7-18-37/h5-32H,33H2,1-4H3. The molecule has 0 N–H and O–H groups in total. The average molecular weight is 775 g/mol. The van der Waals surface area contributed by atoms with Crippen molar-refractivity contribution < 1.29 is 0 Å². The summed E-state index contributed by atoms with van der Waals surface area (Å²) in [7, 11) is 2.14. The molecule has 60 heavy (non-hydrogen) atoms. The molecule has 1 aliphatic rings. The average Bonchev–Trinajstić information content (AvgIpc) is 4.01. The Balaban J connectivity index is 1.15. The molecule has 6 nitrogen and oxygen atoms in total. The summed E-state index contributed by atoms with van der Waals surface area (Å²) in [6.07, 6.45) is 0. The smallest absolute Gasteiger partial charge is 0.143 e. The molecule has 11 aromatic rings. The molecule has 0 unspecified atom stereocenters. The van der Waals surface area contributed by atoms with E-state index in [1.807, 2.05) is 0 Å². The molecule has 4 heterocycles. The second kappa shape index (κ2) is 13.0. The van der Waals surface area contributed by atoms with Crippen LogP contribution in [0.3, 0.4) is 0 Å². The van der Waals surface area contributed by atoms with Crippen LogP contribution in [0.4, 0.5) is 22.7 Å². The van der Waals surface area contributed by atoms with Gasteiger partial charge < -0.3 is 23.5 Å². The van der Waals surface area contributed by atoms with Gasteiger partial charge in [-0.05, 0) is 105 Å². The van der Waals surface area contributed by atoms with E-state index in [1.54, 1.807) is 0 Å². The van der Waals surface area contributed by atoms with Gasteiger partial charge in [-0.1, -0.05) is 103 Å². The van der Waals surface area contributed by atoms with E-state index in [0.29, 0.717) is 0 Å². The van der Waals surface area contributed by atoms with Gasteiger partial charge in [0.2, 0.25) is 0 Å². The number of benzene rings is 8. The molecule has 6 heteroatoms. The molecule has 0 saturated carbocycles. The highest BCUT2D eigenvalue weighted by molar-refractivity contribution is 6.31. The van der Waals surface area contributed by atoms with Crippen molar-refractivity contribution in [3.63, 3.8) is 0 Å². The van der Waals surface area contributed by atoms with Crippen molar-refractivity contribution in [2.24, 2.45) is 7.05 Å². The molecule has 1 aliphatic heterocycles. The SMILES string of the molecule is Cc1cc(C)c(N2CN(c3cccc(-n4c5ccccc5c5c6c7ccccc7n(-c7ccccc7)c6c(-c6nc7ccccc7n6C)cc54)c3)c3ccccc32)c(C)c1. The summed E-state index contributed by atoms with van der Waals surface area (Å²) >= 11 is 0. The van der Waals surface area contributed by atoms with Crippen molar-refractivity contribution in [1.29, 1.82) is 0 Å². The largest absolute Gasteiger partial charge is 0.327 e. The van der Waals surface area contributed by atoms with E-state index >= 15 is 0 Å². The van der Waals surface area contributed by atoms with Gasteiger partial charge in [-0.15, -0.1) is 0 Å². The fourth-order valence-electron chi connectivity index (χ4n) is 10.3. The number of nitrogens with zero attached hydrogens (tertiary/aromatic N) is 6. The third-order valence-electron chi connectivity index (χ3n) is 12.7. The van der Waals surface area contributed by atoms with Crippen molar-refractivity contribution in [3.8, 4) is 22.8 Å². The minimum atomic E-state index is 0.719. The summed E-state index contributed by atoms with van der Waals surface area (Å²) in [6.45, 7) is 7.37. The van der Waals surface area contributed by atoms with Crippen LogP contribution in [0, 0.1) is 20.8 Å². The predicted octanol–water partition coefficient (Wildman–Crippen LogP) is 13.6. The maximum atomic E-state index is 5.37. The molecule has 0 aliphatic carbocycles. The molecule has 0 atom stereocenters. The van der Waals surface area contributed by atoms with Crippen molar-refractivity contribution in [2.75, 3.05) is 16.5 Å². The minimum Gasteiger partial charge on any atom is -0.327 e. The summed E-state index contributed by atoms with van der Waals surface area (Å²) in [5.74, 6) is 0.934. The molecule has 288 valence electrons. The summed E-state index contributed by atoms with van der Waals surface area (Å²) < 4.78 is 7.17. The van der Waals surface area contributed by atoms with E-state index in [-0.39, 0.29) is 0 Å². The van der Waals surface area contributed by atoms with Gasteiger partial charge in [0.15, 0.2) is 0 Å². The summed E-state index contributed by atoms with van der Waals surface area (Å²) in [5, 5.41) is 4.91. The number of aromatic nitrogens is 4. The molecular formula is C54H42N6. The molecular weight excluding hydrogens is 733 g/mol. The van der Waals surface area contributed by atoms with E-state index in [4.69, 9.17) is 4.98 Å². The molecule has 0 amide bonds. The van der Waals surface area contributed by atoms with Gasteiger partial charge in [-0.3, -0.25) is 0 Å². The molecule has 0 bridgehead atoms. The first kappa shape index (κ1) is 34.5. The molecule has 0 radical (unpaired) electrons. The van der Waals surface area contributed by atoms with Crippen LogP contribution in [0.1, 0.15) is 16.7 Å². The number of para-hydroxylation sites is 7. The summed E-state index contributed by atoms with van der Waals surface area (Å²) in [5.41, 5.74) is 18.8. The Morgan fingerprint density at radius 2 is 1.05 bits per heavy atom. The first-order chi connectivity index (χ1) is 29.4. The van der Waals surface area contributed by atoms with E-state index in [2.05, 4.69) is 221 Å². The third kappa shape index (κ3) is 4.91. The first-order valence-electron chi connectivity index (χ1n) is 20.7. The second-order valence-corrected chi connectivity index (χ2v) is 16.3. The van der Waals surface area contributed by atoms with Crippen LogP contribution in [0.5, 0.6) is 0 Å². The first-order valence-corrected chi connectivity index (χ1v) is 20.7. The summed E-state index contributed by atoms with van der Waals surface area (Å²) in [6, 6.07) is 61.9. The number of anilines is 4. The highest BCUT2D eigenvalue weighted by Gasteiger charge is 2.31. The maximum Gasteiger partial charge on any atom is 0.143 e. The van der Waals surface area contributed by atoms with Crippen molar-refractivity contribution in [3.05, 3.63) is 187 Å². The van der Waals surface area contributed by atoms with Gasteiger partial charge in [0.05, 0.1) is 44.5 Å². The van der Waals surface area contributed by atoms with E-state index < -0.39 is 0 Å². The molecule has 3 aromatic heterocycles. The minimum absolute atomic E-state index is 0.719. The van der Waals surface area contributed by atoms with Gasteiger partial charge in [0, 0.05) is 56.9 Å². The summed E-state index contributed by atoms with van der Waals surface area (Å²) in [4.78, 5) is 10.3. The number of aryl methyl sites for hydroxylation is 4. The Hall–Kier alpha value is -7.57. The molecule has 8 aromatic carbocycles. The van der Waals surface area contributed by atoms with Crippen LogP contribution >= 0.6 is 0 Å². The lowest BCUT2D eigenvalue weighted by molar-refractivity contribution is 0.959. The Morgan fingerprint density at radius 1 is 0.467 bits per heavy atom. The predicted molar refractivity (Wildman–Crippen MR) is 251 cm³/mol. The Kier molecular flexibility index (Phi) is 7.45. The van der Waals surface area contributed by atoms with Crippen LogP contribution in [0.2, 0.25) is 0 Å². The number of hydrogen-bond donors (Lipinski definition) is 0. The van der Waals surface area contributed by atoms with E-state index in [9.17, 15) is 0 Å². The molecule has 0 spiro atoms. The number of imidazole rings is 1. The zero-order chi connectivity index (χ0) is 40.2. The Bertz CT molecular complexity index is 3510. The third-order valence-corrected chi connectivity index (χ3v) is 12.7. The van der Waals surface area contributed by atoms with Gasteiger partial charge in [0.25, 0.3) is 0 Å². The van der Waals surface area contributed by atoms with Crippen LogP contribution in [-0.4, -0.2) is 25.4 Å². The number of hydrogen-bond acceptors (Lipinski definition) is 3. The Labute approximate surface area is 348 Å². The lowest BCUT2D eigenvalue weighted by Crippen LogP contribution is -2.25. The van der Waals surface area contributed by atoms with Crippen LogP contribution in [0.15, 0.2) is 170 Å². The lowest BCUT2D eigenvalue weighted by Gasteiger charge is -2.26. The van der Waals surface area contributed by atoms with Crippen molar-refractivity contribution in [2.45, 2.75) is 20.8 Å². The monoisotopic (exact) mass is 774 g/mol. The van der Waals surface area contributed by atoms with Crippen LogP contribution in [-0.2, 0) is 7.05 Å².